The van der Waals surface area contributed by atoms with E-state index < -0.39 is 0 Å². The minimum Gasteiger partial charge on any atom is -0.378 e. The molecule has 6 nitrogen and oxygen atoms in total. The van der Waals surface area contributed by atoms with Crippen LogP contribution in [0.15, 0.2) is 30.3 Å². The Morgan fingerprint density at radius 1 is 1.12 bits per heavy atom. The lowest BCUT2D eigenvalue weighted by molar-refractivity contribution is -0.137. The van der Waals surface area contributed by atoms with Crippen LogP contribution in [0.2, 0.25) is 0 Å². The highest BCUT2D eigenvalue weighted by Gasteiger charge is 2.34. The standard InChI is InChI=1S/C18H22N4O2S/c23-17(21-10-12-24-13-11-21)15-8-4-5-9-22(15)18-19-16(20-25-18)14-6-2-1-3-7-14/h1-3,6-7,15H,4-5,8-13H2. The Kier molecular flexibility index (Phi) is 4.94. The monoisotopic (exact) mass is 358 g/mol. The van der Waals surface area contributed by atoms with Crippen LogP contribution in [0.5, 0.6) is 0 Å². The van der Waals surface area contributed by atoms with Gasteiger partial charge in [-0.2, -0.15) is 9.36 Å². The van der Waals surface area contributed by atoms with Gasteiger partial charge in [0.2, 0.25) is 11.0 Å². The van der Waals surface area contributed by atoms with Crippen molar-refractivity contribution >= 4 is 22.6 Å². The van der Waals surface area contributed by atoms with Gasteiger partial charge in [0, 0.05) is 36.7 Å². The van der Waals surface area contributed by atoms with Gasteiger partial charge in [0.25, 0.3) is 0 Å². The number of benzene rings is 1. The molecule has 0 aliphatic carbocycles. The maximum Gasteiger partial charge on any atom is 0.245 e. The molecule has 0 saturated carbocycles. The molecule has 1 amide bonds. The van der Waals surface area contributed by atoms with Crippen LogP contribution in [-0.4, -0.2) is 59.1 Å². The van der Waals surface area contributed by atoms with Gasteiger partial charge in [-0.05, 0) is 19.3 Å². The van der Waals surface area contributed by atoms with Crippen molar-refractivity contribution in [3.05, 3.63) is 30.3 Å². The second kappa shape index (κ2) is 7.49. The minimum atomic E-state index is -0.122. The smallest absolute Gasteiger partial charge is 0.245 e. The summed E-state index contributed by atoms with van der Waals surface area (Å²) < 4.78 is 9.89. The van der Waals surface area contributed by atoms with Crippen LogP contribution in [0.25, 0.3) is 11.4 Å². The van der Waals surface area contributed by atoms with Crippen LogP contribution in [0, 0.1) is 0 Å². The summed E-state index contributed by atoms with van der Waals surface area (Å²) in [4.78, 5) is 21.8. The van der Waals surface area contributed by atoms with Gasteiger partial charge in [0.15, 0.2) is 5.82 Å². The number of aromatic nitrogens is 2. The quantitative estimate of drug-likeness (QED) is 0.843. The topological polar surface area (TPSA) is 58.6 Å². The predicted molar refractivity (Wildman–Crippen MR) is 97.7 cm³/mol. The summed E-state index contributed by atoms with van der Waals surface area (Å²) in [5.74, 6) is 0.947. The molecule has 1 aromatic heterocycles. The molecule has 0 spiro atoms. The predicted octanol–water partition coefficient (Wildman–Crippen LogP) is 2.42. The van der Waals surface area contributed by atoms with Crippen LogP contribution >= 0.6 is 11.5 Å². The number of carbonyl (C=O) groups excluding carboxylic acids is 1. The van der Waals surface area contributed by atoms with Crippen LogP contribution in [-0.2, 0) is 9.53 Å². The third kappa shape index (κ3) is 3.52. The molecule has 2 aromatic rings. The molecular formula is C18H22N4O2S. The van der Waals surface area contributed by atoms with Crippen molar-refractivity contribution in [2.24, 2.45) is 0 Å². The maximum atomic E-state index is 13.0. The highest BCUT2D eigenvalue weighted by molar-refractivity contribution is 7.09. The van der Waals surface area contributed by atoms with Crippen LogP contribution in [0.1, 0.15) is 19.3 Å². The number of amides is 1. The zero-order chi connectivity index (χ0) is 17.1. The Balaban J connectivity index is 1.55. The Hall–Kier alpha value is -1.99. The molecule has 4 rings (SSSR count). The van der Waals surface area contributed by atoms with Crippen molar-refractivity contribution in [1.82, 2.24) is 14.3 Å². The first-order valence-corrected chi connectivity index (χ1v) is 9.62. The summed E-state index contributed by atoms with van der Waals surface area (Å²) in [5.41, 5.74) is 1.01. The zero-order valence-corrected chi connectivity index (χ0v) is 15.0. The molecule has 0 N–H and O–H groups in total. The molecule has 3 heterocycles. The summed E-state index contributed by atoms with van der Waals surface area (Å²) in [5, 5.41) is 0.852. The van der Waals surface area contributed by atoms with E-state index >= 15 is 0 Å². The van der Waals surface area contributed by atoms with Gasteiger partial charge in [-0.25, -0.2) is 0 Å². The summed E-state index contributed by atoms with van der Waals surface area (Å²) in [6.45, 7) is 3.51. The second-order valence-electron chi connectivity index (χ2n) is 6.41. The SMILES string of the molecule is O=C(C1CCCCN1c1nc(-c2ccccc2)ns1)N1CCOCC1. The summed E-state index contributed by atoms with van der Waals surface area (Å²) >= 11 is 1.39. The lowest BCUT2D eigenvalue weighted by Crippen LogP contribution is -2.53. The molecule has 2 aliphatic heterocycles. The fourth-order valence-corrected chi connectivity index (χ4v) is 4.21. The first kappa shape index (κ1) is 16.5. The van der Waals surface area contributed by atoms with E-state index in [0.717, 1.165) is 42.3 Å². The van der Waals surface area contributed by atoms with Crippen molar-refractivity contribution < 1.29 is 9.53 Å². The molecule has 132 valence electrons. The Bertz CT molecular complexity index is 715. The van der Waals surface area contributed by atoms with Crippen molar-refractivity contribution in [3.8, 4) is 11.4 Å². The third-order valence-corrected chi connectivity index (χ3v) is 5.56. The number of piperidine rings is 1. The number of morpholine rings is 1. The average Bonchev–Trinajstić information content (AvgIpc) is 3.19. The van der Waals surface area contributed by atoms with Gasteiger partial charge in [0.05, 0.1) is 13.2 Å². The lowest BCUT2D eigenvalue weighted by atomic mass is 10.0. The molecule has 2 saturated heterocycles. The average molecular weight is 358 g/mol. The number of hydrogen-bond acceptors (Lipinski definition) is 6. The fraction of sp³-hybridized carbons (Fsp3) is 0.500. The number of hydrogen-bond donors (Lipinski definition) is 0. The van der Waals surface area contributed by atoms with Gasteiger partial charge in [-0.15, -0.1) is 0 Å². The number of carbonyl (C=O) groups is 1. The first-order chi connectivity index (χ1) is 12.3. The summed E-state index contributed by atoms with van der Waals surface area (Å²) in [7, 11) is 0. The Labute approximate surface area is 151 Å². The van der Waals surface area contributed by atoms with Crippen LogP contribution in [0.3, 0.4) is 0 Å². The maximum absolute atomic E-state index is 13.0. The van der Waals surface area contributed by atoms with E-state index in [-0.39, 0.29) is 11.9 Å². The summed E-state index contributed by atoms with van der Waals surface area (Å²) in [6, 6.07) is 9.86. The molecule has 0 radical (unpaired) electrons. The van der Waals surface area contributed by atoms with Gasteiger partial charge in [0.1, 0.15) is 6.04 Å². The van der Waals surface area contributed by atoms with Crippen molar-refractivity contribution in [3.63, 3.8) is 0 Å². The molecule has 0 bridgehead atoms. The van der Waals surface area contributed by atoms with Crippen LogP contribution < -0.4 is 4.90 Å². The number of rotatable bonds is 3. The molecule has 1 unspecified atom stereocenters. The van der Waals surface area contributed by atoms with E-state index in [1.54, 1.807) is 0 Å². The van der Waals surface area contributed by atoms with E-state index in [2.05, 4.69) is 9.27 Å². The molecular weight excluding hydrogens is 336 g/mol. The largest absolute Gasteiger partial charge is 0.378 e. The van der Waals surface area contributed by atoms with Crippen molar-refractivity contribution in [2.75, 3.05) is 37.7 Å². The van der Waals surface area contributed by atoms with E-state index in [0.29, 0.717) is 26.3 Å². The normalized spacial score (nSPS) is 21.4. The molecule has 25 heavy (non-hydrogen) atoms. The number of ether oxygens (including phenoxy) is 1. The summed E-state index contributed by atoms with van der Waals surface area (Å²) in [6.07, 6.45) is 3.06. The van der Waals surface area contributed by atoms with Gasteiger partial charge < -0.3 is 14.5 Å². The highest BCUT2D eigenvalue weighted by atomic mass is 32.1. The van der Waals surface area contributed by atoms with E-state index in [9.17, 15) is 4.79 Å². The Morgan fingerprint density at radius 3 is 2.72 bits per heavy atom. The molecule has 2 aliphatic rings. The minimum absolute atomic E-state index is 0.122. The van der Waals surface area contributed by atoms with E-state index in [1.807, 2.05) is 35.2 Å². The lowest BCUT2D eigenvalue weighted by Gasteiger charge is -2.38. The zero-order valence-electron chi connectivity index (χ0n) is 14.1. The third-order valence-electron chi connectivity index (χ3n) is 4.80. The molecule has 1 atom stereocenters. The van der Waals surface area contributed by atoms with Crippen LogP contribution in [0.4, 0.5) is 5.13 Å². The van der Waals surface area contributed by atoms with Gasteiger partial charge >= 0.3 is 0 Å². The number of anilines is 1. The second-order valence-corrected chi connectivity index (χ2v) is 7.14. The van der Waals surface area contributed by atoms with Crippen molar-refractivity contribution in [1.29, 1.82) is 0 Å². The molecule has 1 aromatic carbocycles. The van der Waals surface area contributed by atoms with E-state index in [1.165, 1.54) is 11.5 Å². The molecule has 2 fully saturated rings. The van der Waals surface area contributed by atoms with E-state index in [4.69, 9.17) is 9.72 Å². The van der Waals surface area contributed by atoms with Gasteiger partial charge in [-0.1, -0.05) is 30.3 Å². The van der Waals surface area contributed by atoms with Gasteiger partial charge in [-0.3, -0.25) is 4.79 Å². The fourth-order valence-electron chi connectivity index (χ4n) is 3.45. The van der Waals surface area contributed by atoms with Crippen molar-refractivity contribution in [2.45, 2.75) is 25.3 Å². The molecule has 7 heteroatoms. The number of nitrogens with zero attached hydrogens (tertiary/aromatic N) is 4. The first-order valence-electron chi connectivity index (χ1n) is 8.85. The highest BCUT2D eigenvalue weighted by Crippen LogP contribution is 2.30. The Morgan fingerprint density at radius 2 is 1.92 bits per heavy atom.